The SMILES string of the molecule is O=C1CCC(N2Cc3c(CN4CCOC45CNC5)cccc3C2=O)C(=O)N1. The molecule has 1 aromatic carbocycles. The Bertz CT molecular complexity index is 835. The quantitative estimate of drug-likeness (QED) is 0.703. The van der Waals surface area contributed by atoms with E-state index in [1.54, 1.807) is 4.90 Å². The van der Waals surface area contributed by atoms with E-state index in [9.17, 15) is 14.4 Å². The lowest BCUT2D eigenvalue weighted by Crippen LogP contribution is -2.66. The van der Waals surface area contributed by atoms with Crippen molar-refractivity contribution in [3.8, 4) is 0 Å². The van der Waals surface area contributed by atoms with Crippen molar-refractivity contribution in [2.45, 2.75) is 37.7 Å². The molecular formula is C19H22N4O4. The Morgan fingerprint density at radius 1 is 1.22 bits per heavy atom. The molecule has 1 aromatic rings. The normalized spacial score (nSPS) is 27.0. The number of carbonyl (C=O) groups is 3. The van der Waals surface area contributed by atoms with Gasteiger partial charge in [0, 0.05) is 44.7 Å². The number of benzene rings is 1. The highest BCUT2D eigenvalue weighted by molar-refractivity contribution is 6.05. The van der Waals surface area contributed by atoms with Gasteiger partial charge in [0.15, 0.2) is 0 Å². The van der Waals surface area contributed by atoms with Crippen LogP contribution < -0.4 is 10.6 Å². The third kappa shape index (κ3) is 2.59. The molecule has 3 fully saturated rings. The standard InChI is InChI=1S/C19H22N4O4/c24-16-5-4-15(17(25)21-16)23-9-14-12(2-1-3-13(14)18(23)26)8-22-6-7-27-19(22)10-20-11-19/h1-3,15,20H,4-11H2,(H,21,24,25). The summed E-state index contributed by atoms with van der Waals surface area (Å²) in [5.74, 6) is -0.769. The number of ether oxygens (including phenoxy) is 1. The van der Waals surface area contributed by atoms with Crippen LogP contribution in [0.1, 0.15) is 34.3 Å². The molecule has 8 nitrogen and oxygen atoms in total. The molecule has 3 amide bonds. The Morgan fingerprint density at radius 2 is 2.07 bits per heavy atom. The molecule has 4 heterocycles. The number of carbonyl (C=O) groups excluding carboxylic acids is 3. The average Bonchev–Trinajstić information content (AvgIpc) is 3.18. The van der Waals surface area contributed by atoms with Crippen LogP contribution in [-0.2, 0) is 27.4 Å². The molecular weight excluding hydrogens is 348 g/mol. The smallest absolute Gasteiger partial charge is 0.255 e. The maximum atomic E-state index is 12.9. The molecule has 8 heteroatoms. The maximum Gasteiger partial charge on any atom is 0.255 e. The van der Waals surface area contributed by atoms with E-state index in [1.165, 1.54) is 0 Å². The number of nitrogens with zero attached hydrogens (tertiary/aromatic N) is 2. The molecule has 1 spiro atoms. The van der Waals surface area contributed by atoms with E-state index < -0.39 is 6.04 Å². The summed E-state index contributed by atoms with van der Waals surface area (Å²) in [7, 11) is 0. The van der Waals surface area contributed by atoms with Gasteiger partial charge in [0.1, 0.15) is 11.8 Å². The summed E-state index contributed by atoms with van der Waals surface area (Å²) >= 11 is 0. The summed E-state index contributed by atoms with van der Waals surface area (Å²) in [6, 6.07) is 5.21. The summed E-state index contributed by atoms with van der Waals surface area (Å²) in [5, 5.41) is 5.63. The zero-order chi connectivity index (χ0) is 18.6. The molecule has 4 aliphatic heterocycles. The first-order chi connectivity index (χ1) is 13.1. The number of amides is 3. The number of piperidine rings is 1. The molecule has 4 aliphatic rings. The van der Waals surface area contributed by atoms with Crippen molar-refractivity contribution in [3.05, 3.63) is 34.9 Å². The molecule has 2 N–H and O–H groups in total. The minimum absolute atomic E-state index is 0.126. The lowest BCUT2D eigenvalue weighted by atomic mass is 10.0. The predicted molar refractivity (Wildman–Crippen MR) is 94.4 cm³/mol. The molecule has 5 rings (SSSR count). The first kappa shape index (κ1) is 16.9. The fourth-order valence-electron chi connectivity index (χ4n) is 4.53. The minimum Gasteiger partial charge on any atom is -0.356 e. The third-order valence-corrected chi connectivity index (χ3v) is 6.15. The first-order valence-corrected chi connectivity index (χ1v) is 9.43. The van der Waals surface area contributed by atoms with Crippen molar-refractivity contribution in [1.82, 2.24) is 20.4 Å². The molecule has 142 valence electrons. The number of imide groups is 1. The number of hydrogen-bond donors (Lipinski definition) is 2. The third-order valence-electron chi connectivity index (χ3n) is 6.15. The molecule has 0 saturated carbocycles. The first-order valence-electron chi connectivity index (χ1n) is 9.43. The van der Waals surface area contributed by atoms with Gasteiger partial charge in [0.2, 0.25) is 11.8 Å². The van der Waals surface area contributed by atoms with Crippen LogP contribution in [0.3, 0.4) is 0 Å². The summed E-state index contributed by atoms with van der Waals surface area (Å²) < 4.78 is 5.94. The van der Waals surface area contributed by atoms with E-state index in [4.69, 9.17) is 4.74 Å². The highest BCUT2D eigenvalue weighted by Gasteiger charge is 2.48. The van der Waals surface area contributed by atoms with Crippen molar-refractivity contribution in [1.29, 1.82) is 0 Å². The highest BCUT2D eigenvalue weighted by atomic mass is 16.5. The zero-order valence-corrected chi connectivity index (χ0v) is 15.0. The predicted octanol–water partition coefficient (Wildman–Crippen LogP) is -0.421. The molecule has 1 atom stereocenters. The van der Waals surface area contributed by atoms with E-state index in [2.05, 4.69) is 21.6 Å². The summed E-state index contributed by atoms with van der Waals surface area (Å²) in [6.45, 7) is 4.37. The second-order valence-corrected chi connectivity index (χ2v) is 7.66. The molecule has 0 aromatic heterocycles. The van der Waals surface area contributed by atoms with Crippen LogP contribution in [0.4, 0.5) is 0 Å². The largest absolute Gasteiger partial charge is 0.356 e. The Kier molecular flexibility index (Phi) is 3.82. The molecule has 27 heavy (non-hydrogen) atoms. The Labute approximate surface area is 156 Å². The van der Waals surface area contributed by atoms with Crippen molar-refractivity contribution < 1.29 is 19.1 Å². The van der Waals surface area contributed by atoms with Crippen LogP contribution in [0.5, 0.6) is 0 Å². The average molecular weight is 370 g/mol. The van der Waals surface area contributed by atoms with Gasteiger partial charge in [-0.25, -0.2) is 0 Å². The van der Waals surface area contributed by atoms with Gasteiger partial charge in [-0.1, -0.05) is 12.1 Å². The number of fused-ring (bicyclic) bond motifs is 1. The van der Waals surface area contributed by atoms with Gasteiger partial charge in [-0.2, -0.15) is 0 Å². The van der Waals surface area contributed by atoms with E-state index in [0.29, 0.717) is 18.5 Å². The van der Waals surface area contributed by atoms with Gasteiger partial charge in [-0.15, -0.1) is 0 Å². The van der Waals surface area contributed by atoms with Crippen LogP contribution in [0.25, 0.3) is 0 Å². The molecule has 3 saturated heterocycles. The van der Waals surface area contributed by atoms with Gasteiger partial charge in [-0.3, -0.25) is 24.6 Å². The summed E-state index contributed by atoms with van der Waals surface area (Å²) in [4.78, 5) is 40.5. The van der Waals surface area contributed by atoms with Crippen molar-refractivity contribution in [2.75, 3.05) is 26.2 Å². The lowest BCUT2D eigenvalue weighted by molar-refractivity contribution is -0.136. The maximum absolute atomic E-state index is 12.9. The summed E-state index contributed by atoms with van der Waals surface area (Å²) in [5.41, 5.74) is 2.54. The second-order valence-electron chi connectivity index (χ2n) is 7.66. The Morgan fingerprint density at radius 3 is 2.81 bits per heavy atom. The molecule has 0 aliphatic carbocycles. The zero-order valence-electron chi connectivity index (χ0n) is 15.0. The van der Waals surface area contributed by atoms with Gasteiger partial charge < -0.3 is 15.0 Å². The van der Waals surface area contributed by atoms with Gasteiger partial charge in [0.25, 0.3) is 5.91 Å². The van der Waals surface area contributed by atoms with Crippen molar-refractivity contribution >= 4 is 17.7 Å². The minimum atomic E-state index is -0.576. The second kappa shape index (κ2) is 6.12. The van der Waals surface area contributed by atoms with E-state index in [-0.39, 0.29) is 29.9 Å². The molecule has 0 bridgehead atoms. The van der Waals surface area contributed by atoms with E-state index in [1.807, 2.05) is 12.1 Å². The fraction of sp³-hybridized carbons (Fsp3) is 0.526. The molecule has 1 unspecified atom stereocenters. The van der Waals surface area contributed by atoms with Crippen molar-refractivity contribution in [2.24, 2.45) is 0 Å². The van der Waals surface area contributed by atoms with E-state index in [0.717, 1.165) is 43.9 Å². The van der Waals surface area contributed by atoms with Crippen LogP contribution >= 0.6 is 0 Å². The Hall–Kier alpha value is -2.29. The van der Waals surface area contributed by atoms with Crippen LogP contribution in [0.15, 0.2) is 18.2 Å². The molecule has 0 radical (unpaired) electrons. The van der Waals surface area contributed by atoms with Gasteiger partial charge in [-0.05, 0) is 23.6 Å². The Balaban J connectivity index is 1.39. The number of rotatable bonds is 3. The number of hydrogen-bond acceptors (Lipinski definition) is 6. The highest BCUT2D eigenvalue weighted by Crippen LogP contribution is 2.33. The van der Waals surface area contributed by atoms with Crippen LogP contribution in [0.2, 0.25) is 0 Å². The van der Waals surface area contributed by atoms with Gasteiger partial charge >= 0.3 is 0 Å². The topological polar surface area (TPSA) is 91.0 Å². The lowest BCUT2D eigenvalue weighted by Gasteiger charge is -2.44. The van der Waals surface area contributed by atoms with Crippen molar-refractivity contribution in [3.63, 3.8) is 0 Å². The fourth-order valence-corrected chi connectivity index (χ4v) is 4.53. The number of nitrogens with one attached hydrogen (secondary N) is 2. The van der Waals surface area contributed by atoms with Crippen LogP contribution in [-0.4, -0.2) is 65.5 Å². The van der Waals surface area contributed by atoms with Gasteiger partial charge in [0.05, 0.1) is 6.61 Å². The summed E-state index contributed by atoms with van der Waals surface area (Å²) in [6.07, 6.45) is 0.651. The van der Waals surface area contributed by atoms with E-state index >= 15 is 0 Å². The monoisotopic (exact) mass is 370 g/mol. The van der Waals surface area contributed by atoms with Crippen LogP contribution in [0, 0.1) is 0 Å².